The average Bonchev–Trinajstić information content (AvgIpc) is 3.46. The first-order chi connectivity index (χ1) is 20.4. The van der Waals surface area contributed by atoms with Crippen LogP contribution in [-0.4, -0.2) is 45.3 Å². The molecule has 0 aromatic carbocycles. The molecule has 0 aliphatic carbocycles. The van der Waals surface area contributed by atoms with E-state index in [2.05, 4.69) is 13.2 Å². The number of hydroxylamine groups is 4. The van der Waals surface area contributed by atoms with Gasteiger partial charge in [-0.15, -0.1) is 10.1 Å². The smallest absolute Gasteiger partial charge is 0.263 e. The minimum atomic E-state index is -0.268. The summed E-state index contributed by atoms with van der Waals surface area (Å²) in [5, 5.41) is 1.75. The lowest BCUT2D eigenvalue weighted by Gasteiger charge is -2.15. The summed E-state index contributed by atoms with van der Waals surface area (Å²) in [6.07, 6.45) is 21.9. The highest BCUT2D eigenvalue weighted by molar-refractivity contribution is 8.76. The van der Waals surface area contributed by atoms with Crippen LogP contribution in [0.5, 0.6) is 0 Å². The summed E-state index contributed by atoms with van der Waals surface area (Å²) in [5.74, 6) is 2.43. The van der Waals surface area contributed by atoms with Crippen molar-refractivity contribution < 1.29 is 28.9 Å². The fourth-order valence-electron chi connectivity index (χ4n) is 4.87. The molecule has 0 unspecified atom stereocenters. The molecule has 8 nitrogen and oxygen atoms in total. The summed E-state index contributed by atoms with van der Waals surface area (Å²) in [5.41, 5.74) is 0. The normalized spacial score (nSPS) is 15.2. The second-order valence-electron chi connectivity index (χ2n) is 11.2. The van der Waals surface area contributed by atoms with Crippen molar-refractivity contribution in [1.29, 1.82) is 0 Å². The van der Waals surface area contributed by atoms with E-state index in [1.54, 1.807) is 0 Å². The molecule has 2 fully saturated rings. The third-order valence-electron chi connectivity index (χ3n) is 7.40. The Balaban J connectivity index is 1.22. The fraction of sp³-hybridized carbons (Fsp3) is 0.750. The van der Waals surface area contributed by atoms with Gasteiger partial charge in [0.1, 0.15) is 11.5 Å². The first-order valence-electron chi connectivity index (χ1n) is 16.1. The van der Waals surface area contributed by atoms with Gasteiger partial charge in [0.2, 0.25) is 0 Å². The van der Waals surface area contributed by atoms with Gasteiger partial charge in [0.05, 0.1) is 0 Å². The molecule has 42 heavy (non-hydrogen) atoms. The van der Waals surface area contributed by atoms with E-state index in [0.717, 1.165) is 35.8 Å². The standard InChI is InChI=1S/C32H52N2O6S2/c1-27(39-33-29(35)21-22-30(33)36)19-15-11-7-3-5-9-13-17-25-41-42-26-18-14-10-6-4-8-12-16-20-28(2)40-34-31(37)23-24-32(34)38/h1-26H2. The maximum absolute atomic E-state index is 11.6. The van der Waals surface area contributed by atoms with Crippen LogP contribution in [0, 0.1) is 0 Å². The Kier molecular flexibility index (Phi) is 19.5. The lowest BCUT2D eigenvalue weighted by molar-refractivity contribution is -0.178. The summed E-state index contributed by atoms with van der Waals surface area (Å²) in [4.78, 5) is 56.9. The SMILES string of the molecule is C=C(CCCCCCCCCCSSCCCCCCCCCCC(=C)ON1C(=O)CCC1=O)ON1C(=O)CCC1=O. The number of allylic oxidation sites excluding steroid dienone is 2. The molecular weight excluding hydrogens is 572 g/mol. The molecule has 0 saturated carbocycles. The largest absolute Gasteiger partial charge is 0.374 e. The van der Waals surface area contributed by atoms with Crippen molar-refractivity contribution in [2.45, 2.75) is 141 Å². The minimum absolute atomic E-state index is 0.238. The Morgan fingerprint density at radius 3 is 1.05 bits per heavy atom. The number of rotatable bonds is 27. The Morgan fingerprint density at radius 1 is 0.476 bits per heavy atom. The number of imide groups is 2. The number of nitrogens with zero attached hydrogens (tertiary/aromatic N) is 2. The van der Waals surface area contributed by atoms with E-state index in [-0.39, 0.29) is 49.3 Å². The highest BCUT2D eigenvalue weighted by Gasteiger charge is 2.32. The molecule has 0 radical (unpaired) electrons. The van der Waals surface area contributed by atoms with E-state index < -0.39 is 0 Å². The number of amides is 4. The van der Waals surface area contributed by atoms with E-state index in [1.807, 2.05) is 21.6 Å². The van der Waals surface area contributed by atoms with Crippen LogP contribution in [0.2, 0.25) is 0 Å². The van der Waals surface area contributed by atoms with Crippen LogP contribution in [0.15, 0.2) is 24.7 Å². The van der Waals surface area contributed by atoms with E-state index >= 15 is 0 Å². The van der Waals surface area contributed by atoms with Gasteiger partial charge in [-0.25, -0.2) is 0 Å². The lowest BCUT2D eigenvalue weighted by Crippen LogP contribution is -2.28. The highest BCUT2D eigenvalue weighted by Crippen LogP contribution is 2.25. The molecule has 2 aliphatic rings. The zero-order valence-corrected chi connectivity index (χ0v) is 27.2. The predicted octanol–water partition coefficient (Wildman–Crippen LogP) is 8.58. The third kappa shape index (κ3) is 16.1. The van der Waals surface area contributed by atoms with Crippen molar-refractivity contribution in [1.82, 2.24) is 10.1 Å². The van der Waals surface area contributed by atoms with Crippen LogP contribution in [0.1, 0.15) is 141 Å². The molecule has 4 amide bonds. The molecule has 0 atom stereocenters. The quantitative estimate of drug-likeness (QED) is 0.0388. The summed E-state index contributed by atoms with van der Waals surface area (Å²) in [6, 6.07) is 0. The topological polar surface area (TPSA) is 93.2 Å². The monoisotopic (exact) mass is 624 g/mol. The van der Waals surface area contributed by atoms with Crippen molar-refractivity contribution in [2.75, 3.05) is 11.5 Å². The van der Waals surface area contributed by atoms with E-state index in [4.69, 9.17) is 9.68 Å². The molecule has 0 spiro atoms. The number of unbranched alkanes of at least 4 members (excludes halogenated alkanes) is 14. The van der Waals surface area contributed by atoms with Gasteiger partial charge >= 0.3 is 0 Å². The summed E-state index contributed by atoms with van der Waals surface area (Å²) < 4.78 is 0. The third-order valence-corrected chi connectivity index (χ3v) is 9.98. The van der Waals surface area contributed by atoms with Crippen LogP contribution in [0.3, 0.4) is 0 Å². The molecule has 0 bridgehead atoms. The molecule has 0 aromatic heterocycles. The molecule has 238 valence electrons. The van der Waals surface area contributed by atoms with Crippen molar-refractivity contribution in [3.05, 3.63) is 24.7 Å². The minimum Gasteiger partial charge on any atom is -0.374 e. The molecule has 2 aliphatic heterocycles. The zero-order chi connectivity index (χ0) is 30.4. The first kappa shape index (κ1) is 36.3. The predicted molar refractivity (Wildman–Crippen MR) is 171 cm³/mol. The Labute approximate surface area is 261 Å². The molecule has 10 heteroatoms. The molecule has 2 heterocycles. The van der Waals surface area contributed by atoms with E-state index in [9.17, 15) is 19.2 Å². The molecular formula is C32H52N2O6S2. The van der Waals surface area contributed by atoms with Gasteiger partial charge in [-0.3, -0.25) is 19.2 Å². The van der Waals surface area contributed by atoms with Crippen LogP contribution in [0.25, 0.3) is 0 Å². The number of carbonyl (C=O) groups is 4. The Bertz CT molecular complexity index is 779. The molecule has 0 aromatic rings. The molecule has 0 N–H and O–H groups in total. The van der Waals surface area contributed by atoms with Gasteiger partial charge < -0.3 is 9.68 Å². The second kappa shape index (κ2) is 22.6. The van der Waals surface area contributed by atoms with Crippen molar-refractivity contribution in [2.24, 2.45) is 0 Å². The van der Waals surface area contributed by atoms with Crippen LogP contribution in [0.4, 0.5) is 0 Å². The van der Waals surface area contributed by atoms with Gasteiger partial charge in [-0.2, -0.15) is 0 Å². The summed E-state index contributed by atoms with van der Waals surface area (Å²) >= 11 is 0. The first-order valence-corrected chi connectivity index (χ1v) is 18.5. The van der Waals surface area contributed by atoms with Gasteiger partial charge in [0, 0.05) is 50.0 Å². The van der Waals surface area contributed by atoms with Gasteiger partial charge in [0.15, 0.2) is 0 Å². The average molecular weight is 625 g/mol. The second-order valence-corrected chi connectivity index (χ2v) is 13.9. The number of carbonyl (C=O) groups excluding carboxylic acids is 4. The Hall–Kier alpha value is -1.94. The summed E-state index contributed by atoms with van der Waals surface area (Å²) in [7, 11) is 4.05. The van der Waals surface area contributed by atoms with E-state index in [0.29, 0.717) is 24.4 Å². The highest BCUT2D eigenvalue weighted by atomic mass is 33.1. The van der Waals surface area contributed by atoms with Gasteiger partial charge in [-0.1, -0.05) is 112 Å². The lowest BCUT2D eigenvalue weighted by atomic mass is 10.1. The van der Waals surface area contributed by atoms with Crippen molar-refractivity contribution in [3.63, 3.8) is 0 Å². The fourth-order valence-corrected chi connectivity index (χ4v) is 7.16. The maximum Gasteiger partial charge on any atom is 0.263 e. The van der Waals surface area contributed by atoms with Gasteiger partial charge in [0.25, 0.3) is 23.6 Å². The van der Waals surface area contributed by atoms with Crippen molar-refractivity contribution in [3.8, 4) is 0 Å². The number of hydrogen-bond donors (Lipinski definition) is 0. The van der Waals surface area contributed by atoms with Crippen LogP contribution < -0.4 is 0 Å². The molecule has 2 rings (SSSR count). The van der Waals surface area contributed by atoms with Crippen molar-refractivity contribution >= 4 is 45.2 Å². The summed E-state index contributed by atoms with van der Waals surface area (Å²) in [6.45, 7) is 7.67. The van der Waals surface area contributed by atoms with E-state index in [1.165, 1.54) is 88.6 Å². The molecule has 2 saturated heterocycles. The van der Waals surface area contributed by atoms with Crippen LogP contribution in [-0.2, 0) is 28.9 Å². The Morgan fingerprint density at radius 2 is 0.738 bits per heavy atom. The zero-order valence-electron chi connectivity index (χ0n) is 25.5. The maximum atomic E-state index is 11.6. The number of hydrogen-bond acceptors (Lipinski definition) is 8. The van der Waals surface area contributed by atoms with Gasteiger partial charge in [-0.05, 0) is 25.7 Å². The van der Waals surface area contributed by atoms with Crippen LogP contribution >= 0.6 is 21.6 Å².